The van der Waals surface area contributed by atoms with E-state index in [0.717, 1.165) is 26.6 Å². The summed E-state index contributed by atoms with van der Waals surface area (Å²) in [7, 11) is 0.171. The van der Waals surface area contributed by atoms with Crippen LogP contribution in [0.5, 0.6) is 11.5 Å². The molecule has 1 aliphatic carbocycles. The van der Waals surface area contributed by atoms with Gasteiger partial charge in [0.15, 0.2) is 0 Å². The Kier molecular flexibility index (Phi) is 8.41. The standard InChI is InChI=1S/C28H30N2O8S/c1-30(15-18-12-13-19(36-2)14-26(18)37-3)39(34,35)17-25(27(31)32)29-28(33)38-16-24-22-10-6-4-8-20(22)21-9-5-7-11-23(21)24/h4-14,24-25H,15-17H2,1-3H3,(H,29,33)(H,31,32)/t25-/m0/s1. The van der Waals surface area contributed by atoms with E-state index in [4.69, 9.17) is 14.2 Å². The van der Waals surface area contributed by atoms with Crippen molar-refractivity contribution < 1.29 is 37.3 Å². The SMILES string of the molecule is COc1ccc(CN(C)S(=O)(=O)C[C@H](NC(=O)OCC2c3ccccc3-c3ccccc32)C(=O)O)c(OC)c1. The molecule has 1 atom stereocenters. The van der Waals surface area contributed by atoms with Gasteiger partial charge in [-0.15, -0.1) is 0 Å². The van der Waals surface area contributed by atoms with E-state index in [-0.39, 0.29) is 19.1 Å². The number of fused-ring (bicyclic) bond motifs is 3. The van der Waals surface area contributed by atoms with Crippen molar-refractivity contribution in [3.63, 3.8) is 0 Å². The molecule has 3 aromatic carbocycles. The average molecular weight is 555 g/mol. The van der Waals surface area contributed by atoms with Gasteiger partial charge in [-0.3, -0.25) is 0 Å². The van der Waals surface area contributed by atoms with Gasteiger partial charge in [0, 0.05) is 31.1 Å². The van der Waals surface area contributed by atoms with E-state index in [2.05, 4.69) is 5.32 Å². The van der Waals surface area contributed by atoms with Crippen LogP contribution in [-0.2, 0) is 26.1 Å². The molecule has 0 aliphatic heterocycles. The Morgan fingerprint density at radius 1 is 0.974 bits per heavy atom. The zero-order valence-corrected chi connectivity index (χ0v) is 22.6. The predicted molar refractivity (Wildman–Crippen MR) is 144 cm³/mol. The van der Waals surface area contributed by atoms with Gasteiger partial charge in [-0.25, -0.2) is 22.3 Å². The van der Waals surface area contributed by atoms with Gasteiger partial charge in [-0.05, 0) is 28.3 Å². The number of ether oxygens (including phenoxy) is 3. The second kappa shape index (κ2) is 11.7. The number of nitrogens with one attached hydrogen (secondary N) is 1. The molecule has 0 spiro atoms. The van der Waals surface area contributed by atoms with Crippen molar-refractivity contribution in [3.8, 4) is 22.6 Å². The zero-order valence-electron chi connectivity index (χ0n) is 21.8. The number of hydrogen-bond acceptors (Lipinski definition) is 7. The van der Waals surface area contributed by atoms with Crippen molar-refractivity contribution in [1.29, 1.82) is 0 Å². The van der Waals surface area contributed by atoms with Gasteiger partial charge in [-0.2, -0.15) is 0 Å². The maximum Gasteiger partial charge on any atom is 0.407 e. The number of hydrogen-bond donors (Lipinski definition) is 2. The molecule has 0 bridgehead atoms. The van der Waals surface area contributed by atoms with Crippen LogP contribution >= 0.6 is 0 Å². The van der Waals surface area contributed by atoms with Crippen molar-refractivity contribution >= 4 is 22.1 Å². The van der Waals surface area contributed by atoms with Crippen LogP contribution in [0.3, 0.4) is 0 Å². The molecule has 1 amide bonds. The Morgan fingerprint density at radius 2 is 1.59 bits per heavy atom. The number of carbonyl (C=O) groups is 2. The summed E-state index contributed by atoms with van der Waals surface area (Å²) in [5, 5.41) is 11.8. The maximum absolute atomic E-state index is 13.0. The third-order valence-electron chi connectivity index (χ3n) is 6.67. The van der Waals surface area contributed by atoms with E-state index in [0.29, 0.717) is 17.1 Å². The number of sulfonamides is 1. The van der Waals surface area contributed by atoms with Crippen LogP contribution in [0.2, 0.25) is 0 Å². The van der Waals surface area contributed by atoms with Crippen LogP contribution in [0.25, 0.3) is 11.1 Å². The summed E-state index contributed by atoms with van der Waals surface area (Å²) in [5.74, 6) is -1.62. The highest BCUT2D eigenvalue weighted by molar-refractivity contribution is 7.89. The minimum absolute atomic E-state index is 0.0316. The van der Waals surface area contributed by atoms with E-state index in [1.165, 1.54) is 21.3 Å². The van der Waals surface area contributed by atoms with E-state index >= 15 is 0 Å². The molecule has 206 valence electrons. The maximum atomic E-state index is 13.0. The van der Waals surface area contributed by atoms with Crippen LogP contribution in [-0.4, -0.2) is 69.6 Å². The Labute approximate surface area is 227 Å². The molecule has 39 heavy (non-hydrogen) atoms. The number of alkyl carbamates (subject to hydrolysis) is 1. The van der Waals surface area contributed by atoms with Crippen LogP contribution in [0.15, 0.2) is 66.7 Å². The molecule has 11 heteroatoms. The third kappa shape index (κ3) is 6.15. The normalized spacial score (nSPS) is 13.3. The van der Waals surface area contributed by atoms with Gasteiger partial charge in [0.05, 0.1) is 20.0 Å². The fourth-order valence-electron chi connectivity index (χ4n) is 4.62. The van der Waals surface area contributed by atoms with E-state index < -0.39 is 33.9 Å². The van der Waals surface area contributed by atoms with E-state index in [1.54, 1.807) is 18.2 Å². The van der Waals surface area contributed by atoms with Crippen molar-refractivity contribution in [1.82, 2.24) is 9.62 Å². The highest BCUT2D eigenvalue weighted by Crippen LogP contribution is 2.44. The summed E-state index contributed by atoms with van der Waals surface area (Å²) in [6, 6.07) is 18.8. The number of rotatable bonds is 11. The van der Waals surface area contributed by atoms with Crippen LogP contribution in [0.1, 0.15) is 22.6 Å². The third-order valence-corrected chi connectivity index (χ3v) is 8.51. The van der Waals surface area contributed by atoms with Crippen LogP contribution in [0.4, 0.5) is 4.79 Å². The molecular formula is C28H30N2O8S. The molecule has 0 aromatic heterocycles. The Morgan fingerprint density at radius 3 is 2.15 bits per heavy atom. The molecule has 0 saturated carbocycles. The number of carbonyl (C=O) groups excluding carboxylic acids is 1. The smallest absolute Gasteiger partial charge is 0.407 e. The number of nitrogens with zero attached hydrogens (tertiary/aromatic N) is 1. The summed E-state index contributed by atoms with van der Waals surface area (Å²) < 4.78 is 42.9. The zero-order chi connectivity index (χ0) is 28.2. The minimum atomic E-state index is -4.10. The summed E-state index contributed by atoms with van der Waals surface area (Å²) in [6.45, 7) is -0.108. The highest BCUT2D eigenvalue weighted by Gasteiger charge is 2.32. The first-order valence-electron chi connectivity index (χ1n) is 12.1. The first-order chi connectivity index (χ1) is 18.6. The molecule has 0 saturated heterocycles. The lowest BCUT2D eigenvalue weighted by molar-refractivity contribution is -0.138. The first-order valence-corrected chi connectivity index (χ1v) is 13.7. The monoisotopic (exact) mass is 554 g/mol. The molecule has 0 radical (unpaired) electrons. The number of carboxylic acid groups (broad SMARTS) is 1. The number of methoxy groups -OCH3 is 2. The summed E-state index contributed by atoms with van der Waals surface area (Å²) in [5.41, 5.74) is 4.65. The summed E-state index contributed by atoms with van der Waals surface area (Å²) >= 11 is 0. The van der Waals surface area contributed by atoms with E-state index in [1.807, 2.05) is 48.5 Å². The molecule has 4 rings (SSSR count). The molecule has 2 N–H and O–H groups in total. The molecule has 10 nitrogen and oxygen atoms in total. The summed E-state index contributed by atoms with van der Waals surface area (Å²) in [4.78, 5) is 24.5. The Bertz CT molecular complexity index is 1430. The topological polar surface area (TPSA) is 131 Å². The Hall–Kier alpha value is -4.09. The van der Waals surface area contributed by atoms with Crippen molar-refractivity contribution in [3.05, 3.63) is 83.4 Å². The van der Waals surface area contributed by atoms with Gasteiger partial charge in [-0.1, -0.05) is 54.6 Å². The average Bonchev–Trinajstić information content (AvgIpc) is 3.25. The first kappa shape index (κ1) is 27.9. The molecule has 1 aliphatic rings. The quantitative estimate of drug-likeness (QED) is 0.369. The summed E-state index contributed by atoms with van der Waals surface area (Å²) in [6.07, 6.45) is -1.01. The highest BCUT2D eigenvalue weighted by atomic mass is 32.2. The van der Waals surface area contributed by atoms with Gasteiger partial charge < -0.3 is 24.6 Å². The van der Waals surface area contributed by atoms with Gasteiger partial charge in [0.1, 0.15) is 24.1 Å². The van der Waals surface area contributed by atoms with E-state index in [9.17, 15) is 23.1 Å². The van der Waals surface area contributed by atoms with Crippen molar-refractivity contribution in [2.45, 2.75) is 18.5 Å². The van der Waals surface area contributed by atoms with Gasteiger partial charge in [0.2, 0.25) is 10.0 Å². The van der Waals surface area contributed by atoms with Gasteiger partial charge >= 0.3 is 12.1 Å². The van der Waals surface area contributed by atoms with Crippen molar-refractivity contribution in [2.75, 3.05) is 33.6 Å². The fraction of sp³-hybridized carbons (Fsp3) is 0.286. The number of amides is 1. The lowest BCUT2D eigenvalue weighted by Gasteiger charge is -2.22. The second-order valence-corrected chi connectivity index (χ2v) is 11.2. The molecule has 0 unspecified atom stereocenters. The molecule has 0 fully saturated rings. The van der Waals surface area contributed by atoms with Crippen LogP contribution < -0.4 is 14.8 Å². The molecular weight excluding hydrogens is 524 g/mol. The largest absolute Gasteiger partial charge is 0.497 e. The number of aliphatic carboxylic acids is 1. The molecule has 0 heterocycles. The van der Waals surface area contributed by atoms with Gasteiger partial charge in [0.25, 0.3) is 0 Å². The number of carboxylic acids is 1. The lowest BCUT2D eigenvalue weighted by Crippen LogP contribution is -2.48. The minimum Gasteiger partial charge on any atom is -0.497 e. The fourth-order valence-corrected chi connectivity index (χ4v) is 5.85. The van der Waals surface area contributed by atoms with Crippen LogP contribution in [0, 0.1) is 0 Å². The predicted octanol–water partition coefficient (Wildman–Crippen LogP) is 3.46. The molecule has 3 aromatic rings. The number of benzene rings is 3. The second-order valence-electron chi connectivity index (χ2n) is 9.07. The lowest BCUT2D eigenvalue weighted by atomic mass is 9.98. The van der Waals surface area contributed by atoms with Crippen molar-refractivity contribution in [2.24, 2.45) is 0 Å². The Balaban J connectivity index is 1.40.